The van der Waals surface area contributed by atoms with Crippen LogP contribution in [0.3, 0.4) is 0 Å². The Morgan fingerprint density at radius 2 is 2.19 bits per heavy atom. The molecule has 82 valence electrons. The quantitative estimate of drug-likeness (QED) is 0.672. The van der Waals surface area contributed by atoms with Crippen molar-refractivity contribution in [2.75, 3.05) is 18.5 Å². The van der Waals surface area contributed by atoms with Gasteiger partial charge in [0.15, 0.2) is 0 Å². The summed E-state index contributed by atoms with van der Waals surface area (Å²) in [5.74, 6) is -0.161. The molecule has 2 aromatic rings. The van der Waals surface area contributed by atoms with Gasteiger partial charge in [0.1, 0.15) is 5.82 Å². The highest BCUT2D eigenvalue weighted by molar-refractivity contribution is 7.13. The highest BCUT2D eigenvalue weighted by atomic mass is 32.1. The summed E-state index contributed by atoms with van der Waals surface area (Å²) < 4.78 is 13.3. The van der Waals surface area contributed by atoms with Crippen LogP contribution < -0.4 is 4.90 Å². The van der Waals surface area contributed by atoms with Crippen LogP contribution in [-0.2, 0) is 6.42 Å². The Morgan fingerprint density at radius 3 is 3.06 bits per heavy atom. The average Bonchev–Trinajstić information content (AvgIpc) is 2.69. The first-order valence-electron chi connectivity index (χ1n) is 5.33. The van der Waals surface area contributed by atoms with Crippen molar-refractivity contribution in [3.63, 3.8) is 0 Å². The van der Waals surface area contributed by atoms with Crippen molar-refractivity contribution in [2.24, 2.45) is 0 Å². The number of anilines is 1. The zero-order valence-corrected chi connectivity index (χ0v) is 9.85. The van der Waals surface area contributed by atoms with Crippen molar-refractivity contribution in [1.29, 1.82) is 0 Å². The van der Waals surface area contributed by atoms with Gasteiger partial charge in [-0.05, 0) is 41.6 Å². The molecule has 0 amide bonds. The average molecular weight is 233 g/mol. The molecule has 3 rings (SSSR count). The first-order valence-corrected chi connectivity index (χ1v) is 6.21. The Morgan fingerprint density at radius 1 is 1.31 bits per heavy atom. The van der Waals surface area contributed by atoms with Crippen molar-refractivity contribution >= 4 is 17.0 Å². The van der Waals surface area contributed by atoms with Gasteiger partial charge in [0, 0.05) is 29.7 Å². The Labute approximate surface area is 98.1 Å². The third-order valence-electron chi connectivity index (χ3n) is 3.08. The summed E-state index contributed by atoms with van der Waals surface area (Å²) in [5.41, 5.74) is 3.54. The molecule has 0 saturated carbocycles. The predicted octanol–water partition coefficient (Wildman–Crippen LogP) is 3.55. The normalized spacial score (nSPS) is 14.2. The predicted molar refractivity (Wildman–Crippen MR) is 66.7 cm³/mol. The molecule has 0 unspecified atom stereocenters. The van der Waals surface area contributed by atoms with E-state index in [9.17, 15) is 4.39 Å². The highest BCUT2D eigenvalue weighted by Crippen LogP contribution is 2.39. The second kappa shape index (κ2) is 3.59. The largest absolute Gasteiger partial charge is 0.374 e. The van der Waals surface area contributed by atoms with Crippen LogP contribution in [0.1, 0.15) is 5.56 Å². The Kier molecular flexibility index (Phi) is 2.21. The molecule has 0 bridgehead atoms. The maximum absolute atomic E-state index is 13.3. The molecule has 1 aliphatic heterocycles. The van der Waals surface area contributed by atoms with Crippen LogP contribution in [-0.4, -0.2) is 13.6 Å². The molecule has 0 radical (unpaired) electrons. The van der Waals surface area contributed by atoms with E-state index in [4.69, 9.17) is 0 Å². The summed E-state index contributed by atoms with van der Waals surface area (Å²) in [6.07, 6.45) is 1.03. The topological polar surface area (TPSA) is 3.24 Å². The standard InChI is InChI=1S/C13H12FNS/c1-15-6-4-9-5-7-16-13(9)11-3-2-10(14)8-12(11)15/h2-3,5,7-8H,4,6H2,1H3. The molecular weight excluding hydrogens is 221 g/mol. The zero-order chi connectivity index (χ0) is 11.1. The molecule has 0 fully saturated rings. The number of nitrogens with zero attached hydrogens (tertiary/aromatic N) is 1. The van der Waals surface area contributed by atoms with E-state index in [-0.39, 0.29) is 5.82 Å². The minimum Gasteiger partial charge on any atom is -0.374 e. The number of hydrogen-bond donors (Lipinski definition) is 0. The third kappa shape index (κ3) is 1.43. The first-order chi connectivity index (χ1) is 7.75. The number of hydrogen-bond acceptors (Lipinski definition) is 2. The molecule has 1 nitrogen and oxygen atoms in total. The van der Waals surface area contributed by atoms with Crippen LogP contribution >= 0.6 is 11.3 Å². The number of thiophene rings is 1. The van der Waals surface area contributed by atoms with Gasteiger partial charge in [-0.1, -0.05) is 0 Å². The number of benzene rings is 1. The summed E-state index contributed by atoms with van der Waals surface area (Å²) in [5, 5.41) is 2.11. The SMILES string of the molecule is CN1CCc2ccsc2-c2ccc(F)cc21. The van der Waals surface area contributed by atoms with Crippen LogP contribution in [0.2, 0.25) is 0 Å². The fourth-order valence-electron chi connectivity index (χ4n) is 2.19. The maximum atomic E-state index is 13.3. The summed E-state index contributed by atoms with van der Waals surface area (Å²) >= 11 is 1.74. The van der Waals surface area contributed by atoms with Gasteiger partial charge in [0.05, 0.1) is 0 Å². The molecule has 0 spiro atoms. The number of rotatable bonds is 0. The molecule has 2 heterocycles. The van der Waals surface area contributed by atoms with Gasteiger partial charge in [0.25, 0.3) is 0 Å². The molecule has 0 atom stereocenters. The molecule has 1 aromatic carbocycles. The lowest BCUT2D eigenvalue weighted by Gasteiger charge is -2.19. The zero-order valence-electron chi connectivity index (χ0n) is 9.03. The molecule has 1 aromatic heterocycles. The smallest absolute Gasteiger partial charge is 0.125 e. The molecule has 16 heavy (non-hydrogen) atoms. The summed E-state index contributed by atoms with van der Waals surface area (Å²) in [4.78, 5) is 3.42. The lowest BCUT2D eigenvalue weighted by atomic mass is 10.1. The Bertz CT molecular complexity index is 532. The second-order valence-electron chi connectivity index (χ2n) is 4.11. The van der Waals surface area contributed by atoms with Crippen LogP contribution in [0.4, 0.5) is 10.1 Å². The fourth-order valence-corrected chi connectivity index (χ4v) is 3.18. The van der Waals surface area contributed by atoms with Crippen molar-refractivity contribution in [3.05, 3.63) is 41.0 Å². The summed E-state index contributed by atoms with van der Waals surface area (Å²) in [6, 6.07) is 7.24. The van der Waals surface area contributed by atoms with Crippen molar-refractivity contribution in [1.82, 2.24) is 0 Å². The van der Waals surface area contributed by atoms with Crippen LogP contribution in [0, 0.1) is 5.82 Å². The molecular formula is C13H12FNS. The van der Waals surface area contributed by atoms with Gasteiger partial charge < -0.3 is 4.90 Å². The van der Waals surface area contributed by atoms with Gasteiger partial charge in [-0.3, -0.25) is 0 Å². The molecule has 0 aliphatic carbocycles. The molecule has 1 aliphatic rings. The van der Waals surface area contributed by atoms with E-state index in [2.05, 4.69) is 16.3 Å². The Hall–Kier alpha value is -1.35. The van der Waals surface area contributed by atoms with Gasteiger partial charge in [-0.25, -0.2) is 4.39 Å². The van der Waals surface area contributed by atoms with Gasteiger partial charge >= 0.3 is 0 Å². The van der Waals surface area contributed by atoms with Crippen LogP contribution in [0.15, 0.2) is 29.6 Å². The monoisotopic (exact) mass is 233 g/mol. The lowest BCUT2D eigenvalue weighted by molar-refractivity contribution is 0.627. The van der Waals surface area contributed by atoms with E-state index in [1.165, 1.54) is 10.4 Å². The molecule has 0 N–H and O–H groups in total. The fraction of sp³-hybridized carbons (Fsp3) is 0.231. The van der Waals surface area contributed by atoms with E-state index in [1.54, 1.807) is 23.5 Å². The minimum absolute atomic E-state index is 0.161. The number of halogens is 1. The van der Waals surface area contributed by atoms with Crippen molar-refractivity contribution in [3.8, 4) is 10.4 Å². The van der Waals surface area contributed by atoms with Crippen LogP contribution in [0.5, 0.6) is 0 Å². The van der Waals surface area contributed by atoms with Gasteiger partial charge in [-0.15, -0.1) is 11.3 Å². The maximum Gasteiger partial charge on any atom is 0.125 e. The van der Waals surface area contributed by atoms with Crippen molar-refractivity contribution < 1.29 is 4.39 Å². The Balaban J connectivity index is 2.27. The van der Waals surface area contributed by atoms with E-state index in [0.29, 0.717) is 0 Å². The first kappa shape index (κ1) is 9.85. The number of fused-ring (bicyclic) bond motifs is 3. The summed E-state index contributed by atoms with van der Waals surface area (Å²) in [7, 11) is 2.02. The van der Waals surface area contributed by atoms with E-state index < -0.39 is 0 Å². The second-order valence-corrected chi connectivity index (χ2v) is 5.02. The number of likely N-dealkylation sites (N-methyl/N-ethyl adjacent to an activating group) is 1. The minimum atomic E-state index is -0.161. The third-order valence-corrected chi connectivity index (χ3v) is 4.07. The van der Waals surface area contributed by atoms with Gasteiger partial charge in [-0.2, -0.15) is 0 Å². The van der Waals surface area contributed by atoms with Crippen LogP contribution in [0.25, 0.3) is 10.4 Å². The van der Waals surface area contributed by atoms with E-state index in [1.807, 2.05) is 13.1 Å². The van der Waals surface area contributed by atoms with Gasteiger partial charge in [0.2, 0.25) is 0 Å². The van der Waals surface area contributed by atoms with E-state index in [0.717, 1.165) is 24.2 Å². The lowest BCUT2D eigenvalue weighted by Crippen LogP contribution is -2.19. The molecule has 0 saturated heterocycles. The molecule has 3 heteroatoms. The summed E-state index contributed by atoms with van der Waals surface area (Å²) in [6.45, 7) is 0.945. The van der Waals surface area contributed by atoms with Crippen molar-refractivity contribution in [2.45, 2.75) is 6.42 Å². The van der Waals surface area contributed by atoms with E-state index >= 15 is 0 Å². The highest BCUT2D eigenvalue weighted by Gasteiger charge is 2.18.